The highest BCUT2D eigenvalue weighted by atomic mass is 16.5. The van der Waals surface area contributed by atoms with Gasteiger partial charge in [0, 0.05) is 5.56 Å². The van der Waals surface area contributed by atoms with E-state index in [4.69, 9.17) is 9.15 Å². The molecule has 0 aliphatic carbocycles. The summed E-state index contributed by atoms with van der Waals surface area (Å²) in [5.41, 5.74) is 0.818. The van der Waals surface area contributed by atoms with E-state index in [0.717, 1.165) is 4.90 Å². The summed E-state index contributed by atoms with van der Waals surface area (Å²) in [6.45, 7) is 5.87. The lowest BCUT2D eigenvalue weighted by Gasteiger charge is -2.26. The van der Waals surface area contributed by atoms with Crippen molar-refractivity contribution in [3.8, 4) is 5.75 Å². The third kappa shape index (κ3) is 3.23. The van der Waals surface area contributed by atoms with Crippen LogP contribution in [0.15, 0.2) is 40.3 Å². The van der Waals surface area contributed by atoms with Crippen molar-refractivity contribution in [2.45, 2.75) is 20.8 Å². The van der Waals surface area contributed by atoms with Crippen molar-refractivity contribution >= 4 is 29.6 Å². The number of barbiturate groups is 1. The Labute approximate surface area is 150 Å². The van der Waals surface area contributed by atoms with E-state index >= 15 is 0 Å². The number of benzene rings is 1. The van der Waals surface area contributed by atoms with Gasteiger partial charge in [-0.2, -0.15) is 0 Å². The van der Waals surface area contributed by atoms with Gasteiger partial charge < -0.3 is 9.15 Å². The zero-order valence-electron chi connectivity index (χ0n) is 14.7. The lowest BCUT2D eigenvalue weighted by molar-refractivity contribution is -0.122. The Kier molecular flexibility index (Phi) is 4.62. The zero-order valence-corrected chi connectivity index (χ0v) is 14.7. The van der Waals surface area contributed by atoms with E-state index in [1.807, 2.05) is 6.92 Å². The number of imide groups is 2. The Hall–Kier alpha value is -3.35. The summed E-state index contributed by atoms with van der Waals surface area (Å²) in [4.78, 5) is 38.1. The number of nitrogens with zero attached hydrogens (tertiary/aromatic N) is 1. The number of furan rings is 1. The molecule has 1 fully saturated rings. The summed E-state index contributed by atoms with van der Waals surface area (Å²) in [5, 5.41) is 2.19. The summed E-state index contributed by atoms with van der Waals surface area (Å²) in [6, 6.07) is 7.42. The molecule has 2 heterocycles. The molecule has 0 saturated carbocycles. The molecule has 26 heavy (non-hydrogen) atoms. The minimum absolute atomic E-state index is 0.137. The van der Waals surface area contributed by atoms with Crippen molar-refractivity contribution in [1.82, 2.24) is 5.32 Å². The van der Waals surface area contributed by atoms with Crippen molar-refractivity contribution in [3.63, 3.8) is 0 Å². The van der Waals surface area contributed by atoms with Crippen LogP contribution in [-0.4, -0.2) is 24.5 Å². The highest BCUT2D eigenvalue weighted by Crippen LogP contribution is 2.25. The molecule has 4 amide bonds. The Bertz CT molecular complexity index is 909. The maximum atomic E-state index is 12.8. The van der Waals surface area contributed by atoms with Gasteiger partial charge in [0.25, 0.3) is 11.8 Å². The first-order valence-electron chi connectivity index (χ1n) is 8.12. The first-order chi connectivity index (χ1) is 12.4. The molecule has 7 heteroatoms. The number of urea groups is 1. The first kappa shape index (κ1) is 17.5. The molecule has 0 unspecified atom stereocenters. The molecule has 1 aliphatic heterocycles. The average molecular weight is 354 g/mol. The predicted octanol–water partition coefficient (Wildman–Crippen LogP) is 2.96. The fourth-order valence-corrected chi connectivity index (χ4v) is 2.70. The third-order valence-corrected chi connectivity index (χ3v) is 3.89. The Balaban J connectivity index is 1.96. The predicted molar refractivity (Wildman–Crippen MR) is 94.8 cm³/mol. The first-order valence-corrected chi connectivity index (χ1v) is 8.12. The molecule has 1 N–H and O–H groups in total. The topological polar surface area (TPSA) is 88.8 Å². The fraction of sp³-hybridized carbons (Fsp3) is 0.211. The van der Waals surface area contributed by atoms with E-state index in [1.54, 1.807) is 44.2 Å². The summed E-state index contributed by atoms with van der Waals surface area (Å²) in [6.07, 6.45) is 1.43. The van der Waals surface area contributed by atoms with Gasteiger partial charge in [-0.3, -0.25) is 14.9 Å². The molecule has 3 rings (SSSR count). The van der Waals surface area contributed by atoms with E-state index in [9.17, 15) is 14.4 Å². The summed E-state index contributed by atoms with van der Waals surface area (Å²) in [7, 11) is 0. The molecular weight excluding hydrogens is 336 g/mol. The largest absolute Gasteiger partial charge is 0.494 e. The van der Waals surface area contributed by atoms with Crippen LogP contribution >= 0.6 is 0 Å². The van der Waals surface area contributed by atoms with Crippen molar-refractivity contribution in [2.75, 3.05) is 11.5 Å². The van der Waals surface area contributed by atoms with Gasteiger partial charge >= 0.3 is 6.03 Å². The molecule has 1 aromatic carbocycles. The molecule has 2 aromatic rings. The number of ether oxygens (including phenoxy) is 1. The van der Waals surface area contributed by atoms with Gasteiger partial charge in [-0.05, 0) is 57.2 Å². The van der Waals surface area contributed by atoms with Crippen LogP contribution in [0.5, 0.6) is 5.75 Å². The number of nitrogens with one attached hydrogen (secondary N) is 1. The van der Waals surface area contributed by atoms with E-state index < -0.39 is 17.8 Å². The van der Waals surface area contributed by atoms with Gasteiger partial charge in [0.2, 0.25) is 0 Å². The van der Waals surface area contributed by atoms with E-state index in [1.165, 1.54) is 6.08 Å². The lowest BCUT2D eigenvalue weighted by atomic mass is 10.1. The molecule has 7 nitrogen and oxygen atoms in total. The van der Waals surface area contributed by atoms with Gasteiger partial charge in [-0.1, -0.05) is 0 Å². The van der Waals surface area contributed by atoms with Crippen molar-refractivity contribution in [3.05, 3.63) is 53.0 Å². The van der Waals surface area contributed by atoms with Gasteiger partial charge in [-0.25, -0.2) is 9.69 Å². The van der Waals surface area contributed by atoms with Gasteiger partial charge in [0.1, 0.15) is 22.8 Å². The van der Waals surface area contributed by atoms with Crippen LogP contribution in [-0.2, 0) is 9.59 Å². The standard InChI is InChI=1S/C19H18N2O5/c1-4-25-15-7-5-14(6-8-15)21-18(23)16(17(22)20-19(21)24)10-13-9-11(2)26-12(13)3/h5-10H,4H2,1-3H3,(H,20,22,24)/b16-10+. The van der Waals surface area contributed by atoms with Crippen molar-refractivity contribution < 1.29 is 23.5 Å². The summed E-state index contributed by atoms with van der Waals surface area (Å²) >= 11 is 0. The quantitative estimate of drug-likeness (QED) is 0.673. The van der Waals surface area contributed by atoms with Crippen LogP contribution in [0.2, 0.25) is 0 Å². The van der Waals surface area contributed by atoms with Crippen LogP contribution in [0.3, 0.4) is 0 Å². The number of anilines is 1. The van der Waals surface area contributed by atoms with E-state index in [-0.39, 0.29) is 5.57 Å². The number of hydrogen-bond donors (Lipinski definition) is 1. The van der Waals surface area contributed by atoms with Crippen LogP contribution in [0.4, 0.5) is 10.5 Å². The smallest absolute Gasteiger partial charge is 0.335 e. The monoisotopic (exact) mass is 354 g/mol. The molecule has 0 spiro atoms. The maximum Gasteiger partial charge on any atom is 0.335 e. The lowest BCUT2D eigenvalue weighted by Crippen LogP contribution is -2.54. The number of hydrogen-bond acceptors (Lipinski definition) is 5. The third-order valence-electron chi connectivity index (χ3n) is 3.89. The normalized spacial score (nSPS) is 16.2. The summed E-state index contributed by atoms with van der Waals surface area (Å²) in [5.74, 6) is 0.441. The fourth-order valence-electron chi connectivity index (χ4n) is 2.70. The molecule has 1 saturated heterocycles. The Morgan fingerprint density at radius 1 is 1.15 bits per heavy atom. The molecule has 1 aliphatic rings. The molecule has 1 aromatic heterocycles. The molecule has 0 bridgehead atoms. The number of carbonyl (C=O) groups excluding carboxylic acids is 3. The minimum atomic E-state index is -0.790. The number of aryl methyl sites for hydroxylation is 2. The number of amides is 4. The molecule has 0 radical (unpaired) electrons. The highest BCUT2D eigenvalue weighted by Gasteiger charge is 2.37. The molecule has 0 atom stereocenters. The number of carbonyl (C=O) groups is 3. The van der Waals surface area contributed by atoms with Gasteiger partial charge in [0.05, 0.1) is 12.3 Å². The minimum Gasteiger partial charge on any atom is -0.494 e. The second-order valence-corrected chi connectivity index (χ2v) is 5.75. The summed E-state index contributed by atoms with van der Waals surface area (Å²) < 4.78 is 10.8. The second kappa shape index (κ2) is 6.87. The number of rotatable bonds is 4. The van der Waals surface area contributed by atoms with Crippen molar-refractivity contribution in [2.24, 2.45) is 0 Å². The van der Waals surface area contributed by atoms with Gasteiger partial charge in [-0.15, -0.1) is 0 Å². The molecular formula is C19H18N2O5. The Morgan fingerprint density at radius 3 is 2.42 bits per heavy atom. The van der Waals surface area contributed by atoms with Crippen LogP contribution in [0.1, 0.15) is 24.0 Å². The zero-order chi connectivity index (χ0) is 18.8. The maximum absolute atomic E-state index is 12.8. The van der Waals surface area contributed by atoms with Gasteiger partial charge in [0.15, 0.2) is 0 Å². The second-order valence-electron chi connectivity index (χ2n) is 5.75. The van der Waals surface area contributed by atoms with Crippen LogP contribution < -0.4 is 15.0 Å². The highest BCUT2D eigenvalue weighted by molar-refractivity contribution is 6.39. The van der Waals surface area contributed by atoms with Crippen LogP contribution in [0.25, 0.3) is 6.08 Å². The average Bonchev–Trinajstić information content (AvgIpc) is 2.90. The molecule has 134 valence electrons. The SMILES string of the molecule is CCOc1ccc(N2C(=O)NC(=O)/C(=C\c3cc(C)oc3C)C2=O)cc1. The van der Waals surface area contributed by atoms with E-state index in [2.05, 4.69) is 5.32 Å². The van der Waals surface area contributed by atoms with E-state index in [0.29, 0.717) is 35.1 Å². The Morgan fingerprint density at radius 2 is 1.85 bits per heavy atom. The van der Waals surface area contributed by atoms with Crippen molar-refractivity contribution in [1.29, 1.82) is 0 Å². The van der Waals surface area contributed by atoms with Crippen LogP contribution in [0, 0.1) is 13.8 Å².